The average Bonchev–Trinajstić information content (AvgIpc) is 3.15. The quantitative estimate of drug-likeness (QED) is 0.761. The van der Waals surface area contributed by atoms with E-state index in [2.05, 4.69) is 10.6 Å². The third-order valence-electron chi connectivity index (χ3n) is 4.54. The number of nitrogens with one attached hydrogen (secondary N) is 2. The van der Waals surface area contributed by atoms with Crippen LogP contribution in [-0.2, 0) is 14.8 Å². The summed E-state index contributed by atoms with van der Waals surface area (Å²) in [4.78, 5) is 12.6. The first kappa shape index (κ1) is 19.4. The van der Waals surface area contributed by atoms with Gasteiger partial charge in [-0.2, -0.15) is 4.31 Å². The molecule has 3 rings (SSSR count). The predicted molar refractivity (Wildman–Crippen MR) is 109 cm³/mol. The molecule has 6 nitrogen and oxygen atoms in total. The van der Waals surface area contributed by atoms with E-state index in [-0.39, 0.29) is 11.7 Å². The molecule has 1 aliphatic rings. The molecular formula is C20H25N3O3S. The molecule has 27 heavy (non-hydrogen) atoms. The van der Waals surface area contributed by atoms with E-state index in [0.29, 0.717) is 31.5 Å². The molecule has 1 heterocycles. The lowest BCUT2D eigenvalue weighted by Crippen LogP contribution is -2.44. The summed E-state index contributed by atoms with van der Waals surface area (Å²) in [6.07, 6.45) is 1.81. The van der Waals surface area contributed by atoms with E-state index in [1.165, 1.54) is 4.31 Å². The smallest absolute Gasteiger partial charge is 0.242 e. The van der Waals surface area contributed by atoms with Gasteiger partial charge >= 0.3 is 0 Å². The first-order valence-electron chi connectivity index (χ1n) is 9.22. The Hall–Kier alpha value is -2.38. The van der Waals surface area contributed by atoms with E-state index in [9.17, 15) is 13.2 Å². The van der Waals surface area contributed by atoms with Crippen LogP contribution >= 0.6 is 0 Å². The van der Waals surface area contributed by atoms with Crippen molar-refractivity contribution < 1.29 is 13.2 Å². The lowest BCUT2D eigenvalue weighted by molar-refractivity contribution is -0.119. The van der Waals surface area contributed by atoms with Gasteiger partial charge in [0.15, 0.2) is 0 Å². The van der Waals surface area contributed by atoms with Crippen LogP contribution < -0.4 is 10.6 Å². The Labute approximate surface area is 160 Å². The molecule has 0 saturated carbocycles. The van der Waals surface area contributed by atoms with Crippen LogP contribution in [0.5, 0.6) is 0 Å². The van der Waals surface area contributed by atoms with Gasteiger partial charge in [-0.3, -0.25) is 4.79 Å². The van der Waals surface area contributed by atoms with Crippen LogP contribution in [0.15, 0.2) is 54.6 Å². The topological polar surface area (TPSA) is 78.5 Å². The summed E-state index contributed by atoms with van der Waals surface area (Å²) in [7, 11) is -3.38. The van der Waals surface area contributed by atoms with Crippen molar-refractivity contribution in [3.05, 3.63) is 54.6 Å². The number of nitrogens with zero attached hydrogens (tertiary/aromatic N) is 1. The fourth-order valence-electron chi connectivity index (χ4n) is 3.26. The van der Waals surface area contributed by atoms with Crippen molar-refractivity contribution in [3.8, 4) is 0 Å². The fraction of sp³-hybridized carbons (Fsp3) is 0.350. The zero-order valence-corrected chi connectivity index (χ0v) is 16.2. The van der Waals surface area contributed by atoms with Crippen LogP contribution in [0.1, 0.15) is 26.2 Å². The average molecular weight is 388 g/mol. The number of carbonyl (C=O) groups excluding carboxylic acids is 1. The van der Waals surface area contributed by atoms with Crippen LogP contribution in [0.25, 0.3) is 0 Å². The molecule has 144 valence electrons. The molecule has 1 aliphatic heterocycles. The minimum absolute atomic E-state index is 0.0800. The summed E-state index contributed by atoms with van der Waals surface area (Å²) < 4.78 is 26.1. The summed E-state index contributed by atoms with van der Waals surface area (Å²) in [5.41, 5.74) is 2.54. The van der Waals surface area contributed by atoms with Crippen LogP contribution in [-0.4, -0.2) is 37.0 Å². The Morgan fingerprint density at radius 3 is 2.33 bits per heavy atom. The molecule has 7 heteroatoms. The van der Waals surface area contributed by atoms with Crippen molar-refractivity contribution in [2.24, 2.45) is 0 Å². The molecule has 0 aromatic heterocycles. The number of para-hydroxylation sites is 1. The van der Waals surface area contributed by atoms with Crippen LogP contribution in [0.2, 0.25) is 0 Å². The lowest BCUT2D eigenvalue weighted by atomic mass is 10.2. The monoisotopic (exact) mass is 387 g/mol. The first-order chi connectivity index (χ1) is 13.0. The van der Waals surface area contributed by atoms with Crippen LogP contribution in [0, 0.1) is 0 Å². The molecule has 1 saturated heterocycles. The van der Waals surface area contributed by atoms with Gasteiger partial charge < -0.3 is 10.6 Å². The molecule has 2 aromatic rings. The third kappa shape index (κ3) is 4.87. The molecule has 0 unspecified atom stereocenters. The van der Waals surface area contributed by atoms with Gasteiger partial charge in [-0.05, 0) is 55.7 Å². The molecule has 1 amide bonds. The number of sulfonamides is 1. The summed E-state index contributed by atoms with van der Waals surface area (Å²) in [6.45, 7) is 2.24. The second-order valence-electron chi connectivity index (χ2n) is 6.64. The van der Waals surface area contributed by atoms with E-state index >= 15 is 0 Å². The molecule has 1 atom stereocenters. The van der Waals surface area contributed by atoms with Gasteiger partial charge in [0.1, 0.15) is 6.04 Å². The third-order valence-corrected chi connectivity index (χ3v) is 6.62. The maximum atomic E-state index is 12.6. The highest BCUT2D eigenvalue weighted by molar-refractivity contribution is 7.89. The molecule has 0 radical (unpaired) electrons. The van der Waals surface area contributed by atoms with Gasteiger partial charge in [0.2, 0.25) is 15.9 Å². The van der Waals surface area contributed by atoms with Crippen molar-refractivity contribution in [2.75, 3.05) is 22.9 Å². The van der Waals surface area contributed by atoms with Crippen molar-refractivity contribution in [1.29, 1.82) is 0 Å². The van der Waals surface area contributed by atoms with Crippen molar-refractivity contribution in [2.45, 2.75) is 32.2 Å². The molecule has 2 N–H and O–H groups in total. The number of hydrogen-bond acceptors (Lipinski definition) is 4. The highest BCUT2D eigenvalue weighted by Gasteiger charge is 2.37. The lowest BCUT2D eigenvalue weighted by Gasteiger charge is -2.23. The van der Waals surface area contributed by atoms with Crippen LogP contribution in [0.4, 0.5) is 17.1 Å². The molecule has 0 bridgehead atoms. The number of rotatable bonds is 7. The van der Waals surface area contributed by atoms with E-state index in [1.807, 2.05) is 61.5 Å². The second kappa shape index (κ2) is 8.54. The number of anilines is 3. The zero-order chi connectivity index (χ0) is 19.3. The van der Waals surface area contributed by atoms with Gasteiger partial charge in [-0.15, -0.1) is 0 Å². The molecule has 2 aromatic carbocycles. The van der Waals surface area contributed by atoms with Gasteiger partial charge in [0.05, 0.1) is 5.75 Å². The predicted octanol–water partition coefficient (Wildman–Crippen LogP) is 3.57. The van der Waals surface area contributed by atoms with Gasteiger partial charge in [0, 0.05) is 23.6 Å². The van der Waals surface area contributed by atoms with Crippen molar-refractivity contribution in [1.82, 2.24) is 4.31 Å². The van der Waals surface area contributed by atoms with Crippen molar-refractivity contribution >= 4 is 33.0 Å². The van der Waals surface area contributed by atoms with E-state index in [4.69, 9.17) is 0 Å². The molecule has 0 spiro atoms. The van der Waals surface area contributed by atoms with Crippen LogP contribution in [0.3, 0.4) is 0 Å². The Balaban J connectivity index is 1.63. The SMILES string of the molecule is CCCS(=O)(=O)N1CCC[C@@H]1C(=O)Nc1ccc(Nc2ccccc2)cc1. The fourth-order valence-corrected chi connectivity index (χ4v) is 5.01. The van der Waals surface area contributed by atoms with E-state index in [0.717, 1.165) is 11.4 Å². The minimum Gasteiger partial charge on any atom is -0.356 e. The van der Waals surface area contributed by atoms with E-state index < -0.39 is 16.1 Å². The largest absolute Gasteiger partial charge is 0.356 e. The van der Waals surface area contributed by atoms with E-state index in [1.54, 1.807) is 0 Å². The summed E-state index contributed by atoms with van der Waals surface area (Å²) in [6, 6.07) is 16.6. The standard InChI is InChI=1S/C20H25N3O3S/c1-2-15-27(25,26)23-14-6-9-19(23)20(24)22-18-12-10-17(11-13-18)21-16-7-4-3-5-8-16/h3-5,7-8,10-13,19,21H,2,6,9,14-15H2,1H3,(H,22,24)/t19-/m1/s1. The number of hydrogen-bond donors (Lipinski definition) is 2. The molecule has 1 fully saturated rings. The maximum absolute atomic E-state index is 12.6. The Kier molecular flexibility index (Phi) is 6.13. The van der Waals surface area contributed by atoms with Crippen molar-refractivity contribution in [3.63, 3.8) is 0 Å². The van der Waals surface area contributed by atoms with Gasteiger partial charge in [0.25, 0.3) is 0 Å². The normalized spacial score (nSPS) is 17.6. The first-order valence-corrected chi connectivity index (χ1v) is 10.8. The molecule has 0 aliphatic carbocycles. The number of benzene rings is 2. The number of amides is 1. The summed E-state index contributed by atoms with van der Waals surface area (Å²) >= 11 is 0. The Morgan fingerprint density at radius 1 is 1.04 bits per heavy atom. The Morgan fingerprint density at radius 2 is 1.67 bits per heavy atom. The summed E-state index contributed by atoms with van der Waals surface area (Å²) in [5, 5.41) is 6.13. The second-order valence-corrected chi connectivity index (χ2v) is 8.68. The van der Waals surface area contributed by atoms with Gasteiger partial charge in [-0.1, -0.05) is 25.1 Å². The Bertz CT molecular complexity index is 867. The minimum atomic E-state index is -3.38. The summed E-state index contributed by atoms with van der Waals surface area (Å²) in [5.74, 6) is -0.188. The van der Waals surface area contributed by atoms with Gasteiger partial charge in [-0.25, -0.2) is 8.42 Å². The highest BCUT2D eigenvalue weighted by Crippen LogP contribution is 2.24. The number of carbonyl (C=O) groups is 1. The zero-order valence-electron chi connectivity index (χ0n) is 15.4. The maximum Gasteiger partial charge on any atom is 0.242 e. The molecular weight excluding hydrogens is 362 g/mol. The highest BCUT2D eigenvalue weighted by atomic mass is 32.2.